The maximum Gasteiger partial charge on any atom is 0.407 e. The van der Waals surface area contributed by atoms with Gasteiger partial charge in [-0.05, 0) is 42.8 Å². The van der Waals surface area contributed by atoms with Gasteiger partial charge >= 0.3 is 17.7 Å². The standard InChI is InChI=1S/C17H26N4O6SSi/c1-29(2,3)8-7-27-17(24)19-13(16(22)23)10-11-9-12(11)20-28-15-14(21(25)26)5-4-6-18-15/h4-6,11-13,20H,7-10H2,1-3H3,(H,19,24)(H,22,23)/t11-,12+,13-/m0/s1. The summed E-state index contributed by atoms with van der Waals surface area (Å²) in [6.45, 7) is 6.76. The molecule has 2 rings (SSSR count). The predicted octanol–water partition coefficient (Wildman–Crippen LogP) is 2.88. The third-order valence-electron chi connectivity index (χ3n) is 4.39. The number of ether oxygens (including phenoxy) is 1. The van der Waals surface area contributed by atoms with E-state index < -0.39 is 31.1 Å². The second kappa shape index (κ2) is 10.0. The van der Waals surface area contributed by atoms with Crippen LogP contribution in [0.15, 0.2) is 23.4 Å². The van der Waals surface area contributed by atoms with Crippen molar-refractivity contribution < 1.29 is 24.4 Å². The Labute approximate surface area is 174 Å². The molecule has 12 heteroatoms. The topological polar surface area (TPSA) is 144 Å². The first kappa shape index (κ1) is 23.1. The molecule has 1 amide bonds. The van der Waals surface area contributed by atoms with Gasteiger partial charge in [0.25, 0.3) is 0 Å². The summed E-state index contributed by atoms with van der Waals surface area (Å²) in [6.07, 6.45) is 1.71. The predicted molar refractivity (Wildman–Crippen MR) is 110 cm³/mol. The van der Waals surface area contributed by atoms with Gasteiger partial charge in [-0.3, -0.25) is 14.8 Å². The lowest BCUT2D eigenvalue weighted by atomic mass is 10.1. The van der Waals surface area contributed by atoms with Gasteiger partial charge in [0.2, 0.25) is 0 Å². The molecule has 29 heavy (non-hydrogen) atoms. The third-order valence-corrected chi connectivity index (χ3v) is 7.02. The zero-order valence-electron chi connectivity index (χ0n) is 16.6. The molecule has 160 valence electrons. The van der Waals surface area contributed by atoms with Crippen molar-refractivity contribution in [2.24, 2.45) is 5.92 Å². The van der Waals surface area contributed by atoms with E-state index in [0.29, 0.717) is 6.42 Å². The Kier molecular flexibility index (Phi) is 7.99. The van der Waals surface area contributed by atoms with Crippen molar-refractivity contribution in [2.75, 3.05) is 6.61 Å². The van der Waals surface area contributed by atoms with Crippen LogP contribution in [0, 0.1) is 16.0 Å². The molecule has 0 radical (unpaired) electrons. The van der Waals surface area contributed by atoms with Crippen molar-refractivity contribution in [1.82, 2.24) is 15.0 Å². The van der Waals surface area contributed by atoms with Crippen molar-refractivity contribution in [2.45, 2.75) is 55.6 Å². The first-order valence-corrected chi connectivity index (χ1v) is 13.8. The van der Waals surface area contributed by atoms with Crippen LogP contribution in [0.2, 0.25) is 25.7 Å². The molecule has 1 aliphatic rings. The number of aromatic nitrogens is 1. The lowest BCUT2D eigenvalue weighted by molar-refractivity contribution is -0.388. The smallest absolute Gasteiger partial charge is 0.407 e. The molecule has 0 aromatic carbocycles. The largest absolute Gasteiger partial charge is 0.480 e. The average molecular weight is 443 g/mol. The Morgan fingerprint density at radius 2 is 2.21 bits per heavy atom. The summed E-state index contributed by atoms with van der Waals surface area (Å²) in [4.78, 5) is 37.8. The van der Waals surface area contributed by atoms with E-state index >= 15 is 0 Å². The van der Waals surface area contributed by atoms with Gasteiger partial charge in [0.15, 0.2) is 5.03 Å². The van der Waals surface area contributed by atoms with Crippen molar-refractivity contribution in [1.29, 1.82) is 0 Å². The van der Waals surface area contributed by atoms with E-state index in [0.717, 1.165) is 18.0 Å². The molecule has 1 aliphatic carbocycles. The first-order chi connectivity index (χ1) is 13.6. The highest BCUT2D eigenvalue weighted by Gasteiger charge is 2.41. The van der Waals surface area contributed by atoms with E-state index in [2.05, 4.69) is 34.7 Å². The number of rotatable bonds is 11. The summed E-state index contributed by atoms with van der Waals surface area (Å²) >= 11 is 1.05. The molecule has 3 atom stereocenters. The van der Waals surface area contributed by atoms with Crippen molar-refractivity contribution in [3.8, 4) is 0 Å². The molecular formula is C17H26N4O6SSi. The molecule has 0 aliphatic heterocycles. The van der Waals surface area contributed by atoms with Crippen molar-refractivity contribution >= 4 is 37.8 Å². The van der Waals surface area contributed by atoms with Crippen LogP contribution in [0.3, 0.4) is 0 Å². The Morgan fingerprint density at radius 1 is 1.48 bits per heavy atom. The normalized spacial score (nSPS) is 19.3. The molecule has 1 aromatic heterocycles. The second-order valence-corrected chi connectivity index (χ2v) is 14.6. The Bertz CT molecular complexity index is 760. The summed E-state index contributed by atoms with van der Waals surface area (Å²) < 4.78 is 8.18. The SMILES string of the molecule is C[Si](C)(C)CCOC(=O)N[C@@H](C[C@@H]1C[C@H]1NSc1ncccc1[N+](=O)[O-])C(=O)O. The van der Waals surface area contributed by atoms with Gasteiger partial charge in [-0.2, -0.15) is 0 Å². The van der Waals surface area contributed by atoms with Crippen LogP contribution in [0.4, 0.5) is 10.5 Å². The summed E-state index contributed by atoms with van der Waals surface area (Å²) in [6, 6.07) is 2.63. The highest BCUT2D eigenvalue weighted by atomic mass is 32.2. The quantitative estimate of drug-likeness (QED) is 0.204. The summed E-state index contributed by atoms with van der Waals surface area (Å²) in [5.41, 5.74) is -0.0895. The van der Waals surface area contributed by atoms with E-state index in [1.54, 1.807) is 0 Å². The summed E-state index contributed by atoms with van der Waals surface area (Å²) in [7, 11) is -1.34. The Morgan fingerprint density at radius 3 is 2.83 bits per heavy atom. The number of amides is 1. The van der Waals surface area contributed by atoms with Gasteiger partial charge in [0.05, 0.1) is 11.5 Å². The number of carbonyl (C=O) groups excluding carboxylic acids is 1. The van der Waals surface area contributed by atoms with Crippen LogP contribution in [-0.4, -0.2) is 53.8 Å². The number of hydrogen-bond donors (Lipinski definition) is 3. The number of nitrogens with one attached hydrogen (secondary N) is 2. The Hall–Kier alpha value is -2.18. The number of nitro groups is 1. The van der Waals surface area contributed by atoms with E-state index in [1.807, 2.05) is 0 Å². The fourth-order valence-corrected chi connectivity index (χ4v) is 4.17. The van der Waals surface area contributed by atoms with Crippen LogP contribution in [0.5, 0.6) is 0 Å². The van der Waals surface area contributed by atoms with Crippen LogP contribution in [0.1, 0.15) is 12.8 Å². The third kappa shape index (κ3) is 7.99. The van der Waals surface area contributed by atoms with Crippen molar-refractivity contribution in [3.63, 3.8) is 0 Å². The molecule has 1 fully saturated rings. The maximum absolute atomic E-state index is 11.9. The summed E-state index contributed by atoms with van der Waals surface area (Å²) in [5, 5.41) is 23.0. The molecule has 0 unspecified atom stereocenters. The van der Waals surface area contributed by atoms with Crippen LogP contribution in [0.25, 0.3) is 0 Å². The number of carboxylic acids is 1. The highest BCUT2D eigenvalue weighted by Crippen LogP contribution is 2.37. The second-order valence-electron chi connectivity index (χ2n) is 8.12. The fourth-order valence-electron chi connectivity index (χ4n) is 2.54. The molecule has 3 N–H and O–H groups in total. The van der Waals surface area contributed by atoms with Crippen molar-refractivity contribution in [3.05, 3.63) is 28.4 Å². The first-order valence-electron chi connectivity index (χ1n) is 9.24. The molecule has 10 nitrogen and oxygen atoms in total. The van der Waals surface area contributed by atoms with Gasteiger partial charge in [-0.15, -0.1) is 0 Å². The minimum absolute atomic E-state index is 0.00632. The zero-order valence-corrected chi connectivity index (χ0v) is 18.4. The summed E-state index contributed by atoms with van der Waals surface area (Å²) in [5.74, 6) is -1.08. The van der Waals surface area contributed by atoms with Gasteiger partial charge in [-0.1, -0.05) is 19.6 Å². The van der Waals surface area contributed by atoms with E-state index in [1.165, 1.54) is 18.3 Å². The number of aliphatic carboxylic acids is 1. The van der Waals surface area contributed by atoms with Crippen LogP contribution < -0.4 is 10.0 Å². The number of nitrogens with zero attached hydrogens (tertiary/aromatic N) is 2. The van der Waals surface area contributed by atoms with E-state index in [4.69, 9.17) is 4.74 Å². The van der Waals surface area contributed by atoms with Crippen LogP contribution in [-0.2, 0) is 9.53 Å². The fraction of sp³-hybridized carbons (Fsp3) is 0.588. The lowest BCUT2D eigenvalue weighted by Gasteiger charge is -2.17. The molecule has 1 heterocycles. The maximum atomic E-state index is 11.9. The molecule has 1 saturated carbocycles. The number of hydrogen-bond acceptors (Lipinski definition) is 8. The number of carbonyl (C=O) groups is 2. The number of alkyl carbamates (subject to hydrolysis) is 1. The van der Waals surface area contributed by atoms with E-state index in [9.17, 15) is 24.8 Å². The minimum atomic E-state index is -1.34. The van der Waals surface area contributed by atoms with Gasteiger partial charge in [-0.25, -0.2) is 14.6 Å². The van der Waals surface area contributed by atoms with Gasteiger partial charge in [0.1, 0.15) is 6.04 Å². The van der Waals surface area contributed by atoms with Gasteiger partial charge < -0.3 is 15.2 Å². The molecule has 1 aromatic rings. The van der Waals surface area contributed by atoms with Gasteiger partial charge in [0, 0.05) is 26.4 Å². The lowest BCUT2D eigenvalue weighted by Crippen LogP contribution is -2.42. The zero-order chi connectivity index (χ0) is 21.6. The number of pyridine rings is 1. The molecular weight excluding hydrogens is 416 g/mol. The average Bonchev–Trinajstić information content (AvgIpc) is 3.36. The molecule has 0 spiro atoms. The Balaban J connectivity index is 1.78. The highest BCUT2D eigenvalue weighted by molar-refractivity contribution is 7.97. The minimum Gasteiger partial charge on any atom is -0.480 e. The monoisotopic (exact) mass is 442 g/mol. The van der Waals surface area contributed by atoms with Crippen LogP contribution >= 0.6 is 11.9 Å². The molecule has 0 saturated heterocycles. The van der Waals surface area contributed by atoms with E-state index in [-0.39, 0.29) is 35.7 Å². The molecule has 0 bridgehead atoms. The number of carboxylic acid groups (broad SMARTS) is 1.